The van der Waals surface area contributed by atoms with E-state index in [0.717, 1.165) is 12.8 Å². The molecule has 0 aromatic carbocycles. The van der Waals surface area contributed by atoms with Crippen molar-refractivity contribution in [2.75, 3.05) is 0 Å². The SMILES string of the molecule is C.C.C.C.CC(C)CCC(=O)C(C)C. The van der Waals surface area contributed by atoms with Crippen LogP contribution in [-0.4, -0.2) is 5.78 Å². The van der Waals surface area contributed by atoms with Gasteiger partial charge in [-0.25, -0.2) is 0 Å². The van der Waals surface area contributed by atoms with E-state index in [1.165, 1.54) is 0 Å². The molecule has 0 rings (SSSR count). The molecule has 0 atom stereocenters. The minimum Gasteiger partial charge on any atom is -0.299 e. The van der Waals surface area contributed by atoms with Crippen molar-refractivity contribution in [2.45, 2.75) is 70.2 Å². The highest BCUT2D eigenvalue weighted by Crippen LogP contribution is 2.07. The van der Waals surface area contributed by atoms with E-state index in [1.54, 1.807) is 0 Å². The van der Waals surface area contributed by atoms with Crippen molar-refractivity contribution >= 4 is 5.78 Å². The molecule has 92 valence electrons. The number of ketones is 1. The first-order valence-electron chi connectivity index (χ1n) is 4.06. The van der Waals surface area contributed by atoms with Gasteiger partial charge in [0.15, 0.2) is 0 Å². The fraction of sp³-hybridized carbons (Fsp3) is 0.923. The van der Waals surface area contributed by atoms with Crippen LogP contribution in [0, 0.1) is 11.8 Å². The molecule has 0 amide bonds. The summed E-state index contributed by atoms with van der Waals surface area (Å²) < 4.78 is 0. The molecule has 0 N–H and O–H groups in total. The van der Waals surface area contributed by atoms with Gasteiger partial charge in [0.2, 0.25) is 0 Å². The Morgan fingerprint density at radius 1 is 0.929 bits per heavy atom. The van der Waals surface area contributed by atoms with Crippen LogP contribution in [0.3, 0.4) is 0 Å². The number of carbonyl (C=O) groups excluding carboxylic acids is 1. The predicted octanol–water partition coefficient (Wildman–Crippen LogP) is 5.19. The molecule has 0 saturated carbocycles. The number of rotatable bonds is 4. The van der Waals surface area contributed by atoms with E-state index < -0.39 is 0 Å². The first-order chi connectivity index (χ1) is 4.54. The normalized spacial score (nSPS) is 7.86. The molecule has 0 unspecified atom stereocenters. The maximum atomic E-state index is 11.0. The van der Waals surface area contributed by atoms with Gasteiger partial charge >= 0.3 is 0 Å². The average Bonchev–Trinajstić information content (AvgIpc) is 1.82. The molecule has 14 heavy (non-hydrogen) atoms. The monoisotopic (exact) mass is 206 g/mol. The first-order valence-corrected chi connectivity index (χ1v) is 4.06. The Labute approximate surface area is 93.3 Å². The van der Waals surface area contributed by atoms with Crippen LogP contribution < -0.4 is 0 Å². The van der Waals surface area contributed by atoms with Gasteiger partial charge in [-0.3, -0.25) is 4.79 Å². The van der Waals surface area contributed by atoms with E-state index in [4.69, 9.17) is 0 Å². The predicted molar refractivity (Wildman–Crippen MR) is 70.8 cm³/mol. The van der Waals surface area contributed by atoms with Crippen LogP contribution in [0.5, 0.6) is 0 Å². The van der Waals surface area contributed by atoms with Crippen LogP contribution in [0.2, 0.25) is 0 Å². The average molecular weight is 206 g/mol. The summed E-state index contributed by atoms with van der Waals surface area (Å²) in [5.41, 5.74) is 0. The highest BCUT2D eigenvalue weighted by molar-refractivity contribution is 5.80. The quantitative estimate of drug-likeness (QED) is 0.618. The Kier molecular flexibility index (Phi) is 31.6. The largest absolute Gasteiger partial charge is 0.299 e. The van der Waals surface area contributed by atoms with Gasteiger partial charge < -0.3 is 0 Å². The molecule has 1 heteroatoms. The molecule has 0 aliphatic carbocycles. The minimum absolute atomic E-state index is 0. The van der Waals surface area contributed by atoms with Gasteiger partial charge in [0.05, 0.1) is 0 Å². The zero-order valence-corrected chi connectivity index (χ0v) is 7.48. The summed E-state index contributed by atoms with van der Waals surface area (Å²) >= 11 is 0. The third-order valence-electron chi connectivity index (χ3n) is 1.61. The maximum absolute atomic E-state index is 11.0. The van der Waals surface area contributed by atoms with Crippen LogP contribution in [0.15, 0.2) is 0 Å². The molecule has 0 aromatic rings. The van der Waals surface area contributed by atoms with Crippen LogP contribution in [0.25, 0.3) is 0 Å². The van der Waals surface area contributed by atoms with Crippen molar-refractivity contribution in [2.24, 2.45) is 11.8 Å². The molecular formula is C13H34O. The fourth-order valence-electron chi connectivity index (χ4n) is 0.720. The van der Waals surface area contributed by atoms with Crippen LogP contribution in [-0.2, 0) is 4.79 Å². The lowest BCUT2D eigenvalue weighted by atomic mass is 10.00. The Morgan fingerprint density at radius 2 is 1.29 bits per heavy atom. The van der Waals surface area contributed by atoms with Gasteiger partial charge in [-0.2, -0.15) is 0 Å². The number of carbonyl (C=O) groups is 1. The third kappa shape index (κ3) is 17.7. The summed E-state index contributed by atoms with van der Waals surface area (Å²) in [6, 6.07) is 0. The molecule has 0 aromatic heterocycles. The van der Waals surface area contributed by atoms with Crippen LogP contribution in [0.1, 0.15) is 70.2 Å². The van der Waals surface area contributed by atoms with E-state index in [1.807, 2.05) is 13.8 Å². The van der Waals surface area contributed by atoms with E-state index >= 15 is 0 Å². The van der Waals surface area contributed by atoms with Crippen LogP contribution >= 0.6 is 0 Å². The van der Waals surface area contributed by atoms with Gasteiger partial charge in [0, 0.05) is 12.3 Å². The second kappa shape index (κ2) is 15.2. The summed E-state index contributed by atoms with van der Waals surface area (Å²) in [7, 11) is 0. The van der Waals surface area contributed by atoms with E-state index in [2.05, 4.69) is 13.8 Å². The van der Waals surface area contributed by atoms with Crippen molar-refractivity contribution in [3.63, 3.8) is 0 Å². The molecular weight excluding hydrogens is 172 g/mol. The van der Waals surface area contributed by atoms with Gasteiger partial charge in [0.25, 0.3) is 0 Å². The number of hydrogen-bond donors (Lipinski definition) is 0. The Bertz CT molecular complexity index is 104. The van der Waals surface area contributed by atoms with Crippen LogP contribution in [0.4, 0.5) is 0 Å². The first kappa shape index (κ1) is 29.2. The van der Waals surface area contributed by atoms with E-state index in [-0.39, 0.29) is 35.6 Å². The van der Waals surface area contributed by atoms with E-state index in [9.17, 15) is 4.79 Å². The lowest BCUT2D eigenvalue weighted by molar-refractivity contribution is -0.122. The van der Waals surface area contributed by atoms with Gasteiger partial charge in [-0.15, -0.1) is 0 Å². The number of hydrogen-bond acceptors (Lipinski definition) is 1. The van der Waals surface area contributed by atoms with Crippen molar-refractivity contribution in [1.29, 1.82) is 0 Å². The summed E-state index contributed by atoms with van der Waals surface area (Å²) in [6.45, 7) is 8.21. The third-order valence-corrected chi connectivity index (χ3v) is 1.61. The van der Waals surface area contributed by atoms with Crippen molar-refractivity contribution in [1.82, 2.24) is 0 Å². The summed E-state index contributed by atoms with van der Waals surface area (Å²) in [6.07, 6.45) is 1.80. The molecule has 0 heterocycles. The molecule has 0 saturated heterocycles. The Hall–Kier alpha value is -0.330. The molecule has 1 nitrogen and oxygen atoms in total. The molecule has 0 bridgehead atoms. The van der Waals surface area contributed by atoms with Crippen molar-refractivity contribution in [3.05, 3.63) is 0 Å². The lowest BCUT2D eigenvalue weighted by Crippen LogP contribution is -2.07. The molecule has 0 fully saturated rings. The lowest BCUT2D eigenvalue weighted by Gasteiger charge is -2.05. The van der Waals surface area contributed by atoms with E-state index in [0.29, 0.717) is 11.7 Å². The van der Waals surface area contributed by atoms with Gasteiger partial charge in [0.1, 0.15) is 5.78 Å². The molecule has 0 aliphatic heterocycles. The van der Waals surface area contributed by atoms with Crippen molar-refractivity contribution in [3.8, 4) is 0 Å². The topological polar surface area (TPSA) is 17.1 Å². The summed E-state index contributed by atoms with van der Waals surface area (Å²) in [4.78, 5) is 11.0. The zero-order valence-electron chi connectivity index (χ0n) is 7.48. The second-order valence-corrected chi connectivity index (χ2v) is 3.55. The fourth-order valence-corrected chi connectivity index (χ4v) is 0.720. The summed E-state index contributed by atoms with van der Waals surface area (Å²) in [5.74, 6) is 1.27. The highest BCUT2D eigenvalue weighted by atomic mass is 16.1. The number of Topliss-reactive ketones (excluding diaryl/α,β-unsaturated/α-hetero) is 1. The van der Waals surface area contributed by atoms with Gasteiger partial charge in [-0.1, -0.05) is 57.4 Å². The van der Waals surface area contributed by atoms with Crippen molar-refractivity contribution < 1.29 is 4.79 Å². The zero-order chi connectivity index (χ0) is 8.15. The second-order valence-electron chi connectivity index (χ2n) is 3.55. The van der Waals surface area contributed by atoms with Gasteiger partial charge in [-0.05, 0) is 12.3 Å². The molecule has 0 radical (unpaired) electrons. The standard InChI is InChI=1S/C9H18O.4CH4/c1-7(2)5-6-9(10)8(3)4;;;;/h7-8H,5-6H2,1-4H3;4*1H4. The highest BCUT2D eigenvalue weighted by Gasteiger charge is 2.06. The molecule has 0 aliphatic rings. The maximum Gasteiger partial charge on any atom is 0.135 e. The molecule has 0 spiro atoms. The summed E-state index contributed by atoms with van der Waals surface area (Å²) in [5, 5.41) is 0. The minimum atomic E-state index is 0. The Balaban J connectivity index is -0.0000000675. The Morgan fingerprint density at radius 3 is 1.50 bits per heavy atom. The smallest absolute Gasteiger partial charge is 0.135 e.